The molecule has 0 bridgehead atoms. The lowest BCUT2D eigenvalue weighted by Gasteiger charge is -2.23. The normalized spacial score (nSPS) is 17.5. The first-order chi connectivity index (χ1) is 11.3. The summed E-state index contributed by atoms with van der Waals surface area (Å²) in [7, 11) is 0. The van der Waals surface area contributed by atoms with Gasteiger partial charge in [0.15, 0.2) is 0 Å². The van der Waals surface area contributed by atoms with Gasteiger partial charge in [-0.2, -0.15) is 0 Å². The molecule has 2 aromatic heterocycles. The Kier molecular flexibility index (Phi) is 3.87. The molecule has 5 heteroatoms. The third-order valence-electron chi connectivity index (χ3n) is 4.76. The molecule has 1 unspecified atom stereocenters. The summed E-state index contributed by atoms with van der Waals surface area (Å²) < 4.78 is 8.15. The van der Waals surface area contributed by atoms with Gasteiger partial charge < -0.3 is 14.3 Å². The molecule has 120 valence electrons. The average molecular weight is 310 g/mol. The minimum atomic E-state index is 0.641. The number of nitrogens with one attached hydrogen (secondary N) is 1. The van der Waals surface area contributed by atoms with Gasteiger partial charge in [-0.1, -0.05) is 25.1 Å². The van der Waals surface area contributed by atoms with Crippen molar-refractivity contribution in [2.24, 2.45) is 5.92 Å². The van der Waals surface area contributed by atoms with Gasteiger partial charge in [-0.05, 0) is 24.9 Å². The number of benzene rings is 1. The number of furan rings is 1. The lowest BCUT2D eigenvalue weighted by atomic mass is 9.99. The van der Waals surface area contributed by atoms with Crippen LogP contribution in [0, 0.1) is 5.92 Å². The van der Waals surface area contributed by atoms with Crippen molar-refractivity contribution >= 4 is 11.0 Å². The van der Waals surface area contributed by atoms with Crippen molar-refractivity contribution in [3.63, 3.8) is 0 Å². The standard InChI is InChI=1S/C18H22N4O/c1-2-16-15(14-5-3-4-6-17(14)23-16)10-19-9-13-7-8-18-21-20-12-22(18)11-13/h3-6,12-13,19H,2,7-11H2,1H3. The van der Waals surface area contributed by atoms with E-state index in [1.807, 2.05) is 18.5 Å². The van der Waals surface area contributed by atoms with Crippen LogP contribution in [0.25, 0.3) is 11.0 Å². The highest BCUT2D eigenvalue weighted by Gasteiger charge is 2.19. The number of hydrogen-bond acceptors (Lipinski definition) is 4. The molecule has 0 fully saturated rings. The fourth-order valence-electron chi connectivity index (χ4n) is 3.52. The summed E-state index contributed by atoms with van der Waals surface area (Å²) in [6, 6.07) is 8.31. The summed E-state index contributed by atoms with van der Waals surface area (Å²) >= 11 is 0. The fourth-order valence-corrected chi connectivity index (χ4v) is 3.52. The third kappa shape index (κ3) is 2.77. The zero-order valence-electron chi connectivity index (χ0n) is 13.5. The first-order valence-corrected chi connectivity index (χ1v) is 8.42. The maximum atomic E-state index is 5.97. The highest BCUT2D eigenvalue weighted by molar-refractivity contribution is 5.82. The quantitative estimate of drug-likeness (QED) is 0.787. The molecule has 1 aliphatic rings. The molecule has 0 aliphatic carbocycles. The summed E-state index contributed by atoms with van der Waals surface area (Å²) in [5.41, 5.74) is 2.30. The predicted octanol–water partition coefficient (Wildman–Crippen LogP) is 2.94. The molecule has 5 nitrogen and oxygen atoms in total. The van der Waals surface area contributed by atoms with Crippen LogP contribution in [0.3, 0.4) is 0 Å². The van der Waals surface area contributed by atoms with Crippen molar-refractivity contribution in [2.45, 2.75) is 39.3 Å². The fraction of sp³-hybridized carbons (Fsp3) is 0.444. The molecule has 0 saturated carbocycles. The molecular weight excluding hydrogens is 288 g/mol. The number of fused-ring (bicyclic) bond motifs is 2. The molecule has 0 amide bonds. The molecule has 3 aromatic rings. The van der Waals surface area contributed by atoms with Gasteiger partial charge in [0.1, 0.15) is 23.5 Å². The Labute approximate surface area is 135 Å². The maximum absolute atomic E-state index is 5.97. The van der Waals surface area contributed by atoms with Crippen LogP contribution in [-0.4, -0.2) is 21.3 Å². The second-order valence-electron chi connectivity index (χ2n) is 6.29. The highest BCUT2D eigenvalue weighted by atomic mass is 16.3. The molecule has 0 spiro atoms. The molecule has 3 heterocycles. The Balaban J connectivity index is 1.42. The van der Waals surface area contributed by atoms with E-state index in [0.717, 1.165) is 49.6 Å². The van der Waals surface area contributed by atoms with Crippen LogP contribution >= 0.6 is 0 Å². The summed E-state index contributed by atoms with van der Waals surface area (Å²) in [6.45, 7) is 5.05. The number of nitrogens with zero attached hydrogens (tertiary/aromatic N) is 3. The van der Waals surface area contributed by atoms with Gasteiger partial charge >= 0.3 is 0 Å². The largest absolute Gasteiger partial charge is 0.461 e. The Morgan fingerprint density at radius 3 is 3.17 bits per heavy atom. The Bertz CT molecular complexity index is 804. The Morgan fingerprint density at radius 2 is 2.26 bits per heavy atom. The molecule has 23 heavy (non-hydrogen) atoms. The molecule has 4 rings (SSSR count). The van der Waals surface area contributed by atoms with Crippen LogP contribution in [0.2, 0.25) is 0 Å². The topological polar surface area (TPSA) is 55.9 Å². The van der Waals surface area contributed by atoms with Crippen molar-refractivity contribution in [3.05, 3.63) is 47.7 Å². The van der Waals surface area contributed by atoms with Gasteiger partial charge in [-0.15, -0.1) is 10.2 Å². The minimum absolute atomic E-state index is 0.641. The zero-order valence-corrected chi connectivity index (χ0v) is 13.5. The number of aromatic nitrogens is 3. The summed E-state index contributed by atoms with van der Waals surface area (Å²) in [5, 5.41) is 13.0. The van der Waals surface area contributed by atoms with Crippen LogP contribution in [0.15, 0.2) is 35.0 Å². The summed E-state index contributed by atoms with van der Waals surface area (Å²) in [6.07, 6.45) is 4.99. The van der Waals surface area contributed by atoms with Gasteiger partial charge in [-0.3, -0.25) is 0 Å². The van der Waals surface area contributed by atoms with Crippen LogP contribution in [-0.2, 0) is 25.9 Å². The first kappa shape index (κ1) is 14.5. The average Bonchev–Trinajstić information content (AvgIpc) is 3.18. The van der Waals surface area contributed by atoms with Crippen molar-refractivity contribution < 1.29 is 4.42 Å². The van der Waals surface area contributed by atoms with Crippen molar-refractivity contribution in [1.82, 2.24) is 20.1 Å². The summed E-state index contributed by atoms with van der Waals surface area (Å²) in [4.78, 5) is 0. The van der Waals surface area contributed by atoms with Gasteiger partial charge in [0.2, 0.25) is 0 Å². The highest BCUT2D eigenvalue weighted by Crippen LogP contribution is 2.26. The van der Waals surface area contributed by atoms with E-state index in [9.17, 15) is 0 Å². The predicted molar refractivity (Wildman–Crippen MR) is 89.1 cm³/mol. The molecule has 1 N–H and O–H groups in total. The molecular formula is C18H22N4O. The maximum Gasteiger partial charge on any atom is 0.134 e. The van der Waals surface area contributed by atoms with E-state index in [1.165, 1.54) is 17.4 Å². The van der Waals surface area contributed by atoms with E-state index in [0.29, 0.717) is 5.92 Å². The molecule has 1 aliphatic heterocycles. The van der Waals surface area contributed by atoms with E-state index in [2.05, 4.69) is 39.1 Å². The van der Waals surface area contributed by atoms with E-state index < -0.39 is 0 Å². The second-order valence-corrected chi connectivity index (χ2v) is 6.29. The van der Waals surface area contributed by atoms with Crippen LogP contribution in [0.1, 0.15) is 30.5 Å². The molecule has 0 radical (unpaired) electrons. The molecule has 1 atom stereocenters. The Hall–Kier alpha value is -2.14. The van der Waals surface area contributed by atoms with Crippen molar-refractivity contribution in [2.75, 3.05) is 6.54 Å². The van der Waals surface area contributed by atoms with Crippen LogP contribution < -0.4 is 5.32 Å². The number of aryl methyl sites for hydroxylation is 2. The lowest BCUT2D eigenvalue weighted by molar-refractivity contribution is 0.347. The summed E-state index contributed by atoms with van der Waals surface area (Å²) in [5.74, 6) is 2.86. The van der Waals surface area contributed by atoms with E-state index in [4.69, 9.17) is 4.42 Å². The molecule has 0 saturated heterocycles. The monoisotopic (exact) mass is 310 g/mol. The van der Waals surface area contributed by atoms with Crippen molar-refractivity contribution in [1.29, 1.82) is 0 Å². The van der Waals surface area contributed by atoms with Crippen LogP contribution in [0.5, 0.6) is 0 Å². The molecule has 1 aromatic carbocycles. The van der Waals surface area contributed by atoms with Crippen molar-refractivity contribution in [3.8, 4) is 0 Å². The smallest absolute Gasteiger partial charge is 0.134 e. The van der Waals surface area contributed by atoms with E-state index >= 15 is 0 Å². The van der Waals surface area contributed by atoms with Gasteiger partial charge in [0, 0.05) is 36.9 Å². The van der Waals surface area contributed by atoms with Gasteiger partial charge in [-0.25, -0.2) is 0 Å². The van der Waals surface area contributed by atoms with Gasteiger partial charge in [0.05, 0.1) is 0 Å². The SMILES string of the molecule is CCc1oc2ccccc2c1CNCC1CCc2nncn2C1. The third-order valence-corrected chi connectivity index (χ3v) is 4.76. The number of para-hydroxylation sites is 1. The van der Waals surface area contributed by atoms with Gasteiger partial charge in [0.25, 0.3) is 0 Å². The first-order valence-electron chi connectivity index (χ1n) is 8.42. The second kappa shape index (κ2) is 6.16. The number of hydrogen-bond donors (Lipinski definition) is 1. The Morgan fingerprint density at radius 1 is 1.35 bits per heavy atom. The lowest BCUT2D eigenvalue weighted by Crippen LogP contribution is -2.29. The van der Waals surface area contributed by atoms with E-state index in [1.54, 1.807) is 0 Å². The number of rotatable bonds is 5. The van der Waals surface area contributed by atoms with Crippen LogP contribution in [0.4, 0.5) is 0 Å². The zero-order chi connectivity index (χ0) is 15.6. The minimum Gasteiger partial charge on any atom is -0.461 e. The van der Waals surface area contributed by atoms with E-state index in [-0.39, 0.29) is 0 Å².